The first-order chi connectivity index (χ1) is 11.1. The molecule has 1 saturated heterocycles. The van der Waals surface area contributed by atoms with Gasteiger partial charge in [0.15, 0.2) is 11.5 Å². The third-order valence-corrected chi connectivity index (χ3v) is 3.93. The molecule has 120 valence electrons. The number of benzene rings is 1. The van der Waals surface area contributed by atoms with Crippen LogP contribution in [0.5, 0.6) is 0 Å². The van der Waals surface area contributed by atoms with Gasteiger partial charge in [0.05, 0.1) is 0 Å². The van der Waals surface area contributed by atoms with Crippen LogP contribution in [0.2, 0.25) is 0 Å². The molecule has 6 heteroatoms. The highest BCUT2D eigenvalue weighted by Crippen LogP contribution is 2.21. The van der Waals surface area contributed by atoms with Crippen molar-refractivity contribution in [2.45, 2.75) is 25.7 Å². The van der Waals surface area contributed by atoms with Gasteiger partial charge in [-0.3, -0.25) is 9.59 Å². The first-order valence-corrected chi connectivity index (χ1v) is 7.67. The molecule has 0 spiro atoms. The Kier molecular flexibility index (Phi) is 4.50. The molecule has 1 aliphatic heterocycles. The van der Waals surface area contributed by atoms with E-state index in [1.165, 1.54) is 12.1 Å². The molecule has 1 aromatic carbocycles. The summed E-state index contributed by atoms with van der Waals surface area (Å²) >= 11 is 0. The van der Waals surface area contributed by atoms with Crippen LogP contribution in [0, 0.1) is 5.82 Å². The molecular weight excluding hydrogens is 299 g/mol. The highest BCUT2D eigenvalue weighted by Gasteiger charge is 2.20. The van der Waals surface area contributed by atoms with Crippen LogP contribution in [0.15, 0.2) is 34.9 Å². The Morgan fingerprint density at radius 1 is 1.17 bits per heavy atom. The number of ketones is 1. The lowest BCUT2D eigenvalue weighted by Crippen LogP contribution is -2.41. The van der Waals surface area contributed by atoms with Crippen LogP contribution in [0.25, 0.3) is 11.3 Å². The number of carbonyl (C=O) groups is 2. The number of rotatable bonds is 6. The fraction of sp³-hybridized carbons (Fsp3) is 0.353. The van der Waals surface area contributed by atoms with Crippen LogP contribution in [0.3, 0.4) is 0 Å². The monoisotopic (exact) mass is 316 g/mol. The van der Waals surface area contributed by atoms with Crippen LogP contribution >= 0.6 is 0 Å². The average Bonchev–Trinajstić information content (AvgIpc) is 2.96. The lowest BCUT2D eigenvalue weighted by atomic mass is 10.1. The minimum Gasteiger partial charge on any atom is -0.356 e. The van der Waals surface area contributed by atoms with Gasteiger partial charge in [0.1, 0.15) is 11.5 Å². The number of hydrogen-bond donors (Lipinski definition) is 0. The number of aromatic nitrogens is 1. The van der Waals surface area contributed by atoms with Crippen molar-refractivity contribution in [3.63, 3.8) is 0 Å². The van der Waals surface area contributed by atoms with Crippen LogP contribution in [0.1, 0.15) is 36.2 Å². The Balaban J connectivity index is 1.53. The first-order valence-electron chi connectivity index (χ1n) is 7.67. The fourth-order valence-electron chi connectivity index (χ4n) is 2.41. The molecule has 1 aliphatic rings. The van der Waals surface area contributed by atoms with Gasteiger partial charge in [0.25, 0.3) is 0 Å². The molecule has 0 atom stereocenters. The molecule has 0 bridgehead atoms. The summed E-state index contributed by atoms with van der Waals surface area (Å²) < 4.78 is 18.0. The maximum Gasteiger partial charge on any atom is 0.222 e. The van der Waals surface area contributed by atoms with Gasteiger partial charge in [-0.2, -0.15) is 0 Å². The van der Waals surface area contributed by atoms with E-state index < -0.39 is 0 Å². The Hall–Kier alpha value is -2.50. The molecule has 0 N–H and O–H groups in total. The minimum absolute atomic E-state index is 0.108. The molecule has 0 saturated carbocycles. The standard InChI is InChI=1S/C17H17FN2O3/c18-13-7-5-12(6-8-13)16-11-14(19-23-16)15(21)3-1-4-17(22)20-9-2-10-20/h5-8,11H,1-4,9-10H2. The molecular formula is C17H17FN2O3. The molecule has 2 heterocycles. The SMILES string of the molecule is O=C(CCCC(=O)N1CCC1)c1cc(-c2ccc(F)cc2)on1. The maximum atomic E-state index is 12.9. The number of carbonyl (C=O) groups excluding carboxylic acids is 2. The Morgan fingerprint density at radius 3 is 2.57 bits per heavy atom. The van der Waals surface area contributed by atoms with E-state index in [9.17, 15) is 14.0 Å². The molecule has 0 radical (unpaired) electrons. The van der Waals surface area contributed by atoms with E-state index in [0.717, 1.165) is 19.5 Å². The molecule has 3 rings (SSSR count). The van der Waals surface area contributed by atoms with Crippen molar-refractivity contribution in [3.8, 4) is 11.3 Å². The van der Waals surface area contributed by atoms with Crippen molar-refractivity contribution >= 4 is 11.7 Å². The second-order valence-electron chi connectivity index (χ2n) is 5.59. The lowest BCUT2D eigenvalue weighted by Gasteiger charge is -2.30. The largest absolute Gasteiger partial charge is 0.356 e. The second kappa shape index (κ2) is 6.73. The van der Waals surface area contributed by atoms with Crippen LogP contribution in [0.4, 0.5) is 4.39 Å². The summed E-state index contributed by atoms with van der Waals surface area (Å²) in [5, 5.41) is 3.76. The normalized spacial score (nSPS) is 13.7. The van der Waals surface area contributed by atoms with Gasteiger partial charge in [-0.25, -0.2) is 4.39 Å². The van der Waals surface area contributed by atoms with Crippen LogP contribution in [-0.2, 0) is 4.79 Å². The summed E-state index contributed by atoms with van der Waals surface area (Å²) in [7, 11) is 0. The van der Waals surface area contributed by atoms with Crippen molar-refractivity contribution in [1.82, 2.24) is 10.1 Å². The third kappa shape index (κ3) is 3.64. The van der Waals surface area contributed by atoms with Crippen molar-refractivity contribution in [1.29, 1.82) is 0 Å². The Morgan fingerprint density at radius 2 is 1.91 bits per heavy atom. The zero-order valence-electron chi connectivity index (χ0n) is 12.6. The summed E-state index contributed by atoms with van der Waals surface area (Å²) in [6.07, 6.45) is 2.21. The molecule has 0 unspecified atom stereocenters. The molecule has 23 heavy (non-hydrogen) atoms. The fourth-order valence-corrected chi connectivity index (χ4v) is 2.41. The first kappa shape index (κ1) is 15.4. The van der Waals surface area contributed by atoms with E-state index >= 15 is 0 Å². The van der Waals surface area contributed by atoms with Crippen LogP contribution < -0.4 is 0 Å². The molecule has 0 aliphatic carbocycles. The van der Waals surface area contributed by atoms with Gasteiger partial charge in [-0.15, -0.1) is 0 Å². The van der Waals surface area contributed by atoms with E-state index in [1.54, 1.807) is 23.1 Å². The average molecular weight is 316 g/mol. The Labute approximate surface area is 133 Å². The minimum atomic E-state index is -0.337. The summed E-state index contributed by atoms with van der Waals surface area (Å²) in [5.74, 6) is 0.0381. The van der Waals surface area contributed by atoms with Crippen molar-refractivity contribution in [3.05, 3.63) is 41.8 Å². The number of likely N-dealkylation sites (tertiary alicyclic amines) is 1. The molecule has 1 amide bonds. The molecule has 1 aromatic heterocycles. The topological polar surface area (TPSA) is 63.4 Å². The summed E-state index contributed by atoms with van der Waals surface area (Å²) in [5.41, 5.74) is 0.895. The van der Waals surface area contributed by atoms with Gasteiger partial charge in [0, 0.05) is 37.6 Å². The van der Waals surface area contributed by atoms with E-state index in [2.05, 4.69) is 5.16 Å². The number of halogens is 1. The highest BCUT2D eigenvalue weighted by atomic mass is 19.1. The maximum absolute atomic E-state index is 12.9. The number of hydrogen-bond acceptors (Lipinski definition) is 4. The second-order valence-corrected chi connectivity index (χ2v) is 5.59. The smallest absolute Gasteiger partial charge is 0.222 e. The quantitative estimate of drug-likeness (QED) is 0.768. The molecule has 2 aromatic rings. The number of nitrogens with zero attached hydrogens (tertiary/aromatic N) is 2. The number of Topliss-reactive ketones (excluding diaryl/α,β-unsaturated/α-hetero) is 1. The van der Waals surface area contributed by atoms with Gasteiger partial charge < -0.3 is 9.42 Å². The summed E-state index contributed by atoms with van der Waals surface area (Å²) in [6.45, 7) is 1.66. The van der Waals surface area contributed by atoms with Crippen molar-refractivity contribution < 1.29 is 18.5 Å². The number of amides is 1. The summed E-state index contributed by atoms with van der Waals surface area (Å²) in [4.78, 5) is 25.6. The molecule has 5 nitrogen and oxygen atoms in total. The molecule has 1 fully saturated rings. The van der Waals surface area contributed by atoms with E-state index in [0.29, 0.717) is 24.2 Å². The van der Waals surface area contributed by atoms with Gasteiger partial charge in [-0.05, 0) is 37.1 Å². The van der Waals surface area contributed by atoms with E-state index in [4.69, 9.17) is 4.52 Å². The zero-order chi connectivity index (χ0) is 16.2. The van der Waals surface area contributed by atoms with Crippen molar-refractivity contribution in [2.75, 3.05) is 13.1 Å². The zero-order valence-corrected chi connectivity index (χ0v) is 12.6. The van der Waals surface area contributed by atoms with E-state index in [-0.39, 0.29) is 29.6 Å². The lowest BCUT2D eigenvalue weighted by molar-refractivity contribution is -0.134. The highest BCUT2D eigenvalue weighted by molar-refractivity contribution is 5.95. The van der Waals surface area contributed by atoms with Crippen molar-refractivity contribution in [2.24, 2.45) is 0 Å². The Bertz CT molecular complexity index is 705. The predicted molar refractivity (Wildman–Crippen MR) is 81.3 cm³/mol. The van der Waals surface area contributed by atoms with Crippen LogP contribution in [-0.4, -0.2) is 34.8 Å². The van der Waals surface area contributed by atoms with Gasteiger partial charge in [0.2, 0.25) is 5.91 Å². The predicted octanol–water partition coefficient (Wildman–Crippen LogP) is 3.07. The van der Waals surface area contributed by atoms with Gasteiger partial charge >= 0.3 is 0 Å². The third-order valence-electron chi connectivity index (χ3n) is 3.93. The van der Waals surface area contributed by atoms with Gasteiger partial charge in [-0.1, -0.05) is 5.16 Å². The van der Waals surface area contributed by atoms with E-state index in [1.807, 2.05) is 0 Å². The summed E-state index contributed by atoms with van der Waals surface area (Å²) in [6, 6.07) is 7.32.